The van der Waals surface area contributed by atoms with E-state index in [-0.39, 0.29) is 5.91 Å². The molecule has 0 fully saturated rings. The minimum atomic E-state index is -0.0231. The molecule has 1 N–H and O–H groups in total. The third kappa shape index (κ3) is 3.23. The van der Waals surface area contributed by atoms with Crippen molar-refractivity contribution in [3.05, 3.63) is 0 Å². The quantitative estimate of drug-likeness (QED) is 0.690. The molecule has 4 nitrogen and oxygen atoms in total. The fraction of sp³-hybridized carbons (Fsp3) is 0.714. The Bertz CT molecular complexity index is 194. The first kappa shape index (κ1) is 9.54. The first-order valence-corrected chi connectivity index (χ1v) is 4.77. The Morgan fingerprint density at radius 1 is 1.83 bits per heavy atom. The molecule has 68 valence electrons. The van der Waals surface area contributed by atoms with Crippen molar-refractivity contribution in [1.82, 2.24) is 5.32 Å². The number of amides is 1. The van der Waals surface area contributed by atoms with Crippen molar-refractivity contribution in [2.75, 3.05) is 26.0 Å². The van der Waals surface area contributed by atoms with E-state index < -0.39 is 0 Å². The maximum atomic E-state index is 11.1. The van der Waals surface area contributed by atoms with E-state index >= 15 is 0 Å². The van der Waals surface area contributed by atoms with Gasteiger partial charge in [0, 0.05) is 12.9 Å². The van der Waals surface area contributed by atoms with Gasteiger partial charge in [-0.3, -0.25) is 9.79 Å². The topological polar surface area (TPSA) is 50.7 Å². The summed E-state index contributed by atoms with van der Waals surface area (Å²) in [6.07, 6.45) is 0.399. The SMILES string of the molecule is COCCC(=O)NC1=NCCS1. The van der Waals surface area contributed by atoms with Gasteiger partial charge in [0.15, 0.2) is 5.17 Å². The number of aliphatic imine (C=N–C) groups is 1. The van der Waals surface area contributed by atoms with Crippen molar-refractivity contribution in [3.63, 3.8) is 0 Å². The van der Waals surface area contributed by atoms with Crippen LogP contribution in [0.3, 0.4) is 0 Å². The van der Waals surface area contributed by atoms with Crippen LogP contribution in [0.15, 0.2) is 4.99 Å². The Balaban J connectivity index is 2.17. The van der Waals surface area contributed by atoms with Crippen LogP contribution in [0.1, 0.15) is 6.42 Å². The summed E-state index contributed by atoms with van der Waals surface area (Å²) in [4.78, 5) is 15.2. The van der Waals surface area contributed by atoms with Gasteiger partial charge in [-0.05, 0) is 0 Å². The van der Waals surface area contributed by atoms with E-state index in [1.807, 2.05) is 0 Å². The lowest BCUT2D eigenvalue weighted by atomic mass is 10.4. The summed E-state index contributed by atoms with van der Waals surface area (Å²) < 4.78 is 4.77. The molecule has 1 aliphatic rings. The molecule has 0 bridgehead atoms. The summed E-state index contributed by atoms with van der Waals surface area (Å²) in [5.41, 5.74) is 0. The van der Waals surface area contributed by atoms with Crippen molar-refractivity contribution in [3.8, 4) is 0 Å². The predicted molar refractivity (Wildman–Crippen MR) is 49.4 cm³/mol. The second-order valence-electron chi connectivity index (χ2n) is 2.33. The smallest absolute Gasteiger partial charge is 0.228 e. The van der Waals surface area contributed by atoms with Crippen LogP contribution < -0.4 is 5.32 Å². The molecule has 0 aromatic carbocycles. The number of rotatable bonds is 3. The van der Waals surface area contributed by atoms with Gasteiger partial charge in [0.2, 0.25) is 5.91 Å². The maximum absolute atomic E-state index is 11.1. The minimum Gasteiger partial charge on any atom is -0.384 e. The number of methoxy groups -OCH3 is 1. The van der Waals surface area contributed by atoms with E-state index in [4.69, 9.17) is 4.74 Å². The number of amidine groups is 1. The summed E-state index contributed by atoms with van der Waals surface area (Å²) >= 11 is 1.58. The maximum Gasteiger partial charge on any atom is 0.228 e. The van der Waals surface area contributed by atoms with Gasteiger partial charge in [0.25, 0.3) is 0 Å². The van der Waals surface area contributed by atoms with Crippen molar-refractivity contribution < 1.29 is 9.53 Å². The molecule has 1 amide bonds. The third-order valence-electron chi connectivity index (χ3n) is 1.37. The van der Waals surface area contributed by atoms with Gasteiger partial charge < -0.3 is 10.1 Å². The first-order valence-electron chi connectivity index (χ1n) is 3.79. The van der Waals surface area contributed by atoms with Crippen LogP contribution in [0.2, 0.25) is 0 Å². The van der Waals surface area contributed by atoms with Crippen LogP contribution in [0.4, 0.5) is 0 Å². The van der Waals surface area contributed by atoms with Crippen LogP contribution in [0, 0.1) is 0 Å². The van der Waals surface area contributed by atoms with E-state index in [2.05, 4.69) is 10.3 Å². The summed E-state index contributed by atoms with van der Waals surface area (Å²) in [6, 6.07) is 0. The highest BCUT2D eigenvalue weighted by atomic mass is 32.2. The average molecular weight is 188 g/mol. The normalized spacial score (nSPS) is 15.9. The van der Waals surface area contributed by atoms with Gasteiger partial charge >= 0.3 is 0 Å². The highest BCUT2D eigenvalue weighted by molar-refractivity contribution is 8.14. The summed E-state index contributed by atoms with van der Waals surface area (Å²) in [6.45, 7) is 1.27. The zero-order valence-electron chi connectivity index (χ0n) is 7.00. The average Bonchev–Trinajstić information content (AvgIpc) is 2.53. The second kappa shape index (κ2) is 5.16. The fourth-order valence-corrected chi connectivity index (χ4v) is 1.53. The van der Waals surface area contributed by atoms with Crippen molar-refractivity contribution in [1.29, 1.82) is 0 Å². The Morgan fingerprint density at radius 2 is 2.67 bits per heavy atom. The number of nitrogens with zero attached hydrogens (tertiary/aromatic N) is 1. The van der Waals surface area contributed by atoms with E-state index in [0.29, 0.717) is 13.0 Å². The molecule has 1 rings (SSSR count). The van der Waals surface area contributed by atoms with Gasteiger partial charge in [0.05, 0.1) is 19.6 Å². The zero-order valence-corrected chi connectivity index (χ0v) is 7.82. The number of carbonyl (C=O) groups is 1. The highest BCUT2D eigenvalue weighted by Crippen LogP contribution is 2.08. The Labute approximate surface area is 75.8 Å². The minimum absolute atomic E-state index is 0.0231. The van der Waals surface area contributed by atoms with E-state index in [1.165, 1.54) is 0 Å². The van der Waals surface area contributed by atoms with Crippen molar-refractivity contribution in [2.24, 2.45) is 4.99 Å². The molecule has 0 saturated carbocycles. The fourth-order valence-electron chi connectivity index (χ4n) is 0.787. The number of hydrogen-bond acceptors (Lipinski definition) is 4. The first-order chi connectivity index (χ1) is 5.83. The lowest BCUT2D eigenvalue weighted by Gasteiger charge is -2.02. The molecule has 0 aromatic heterocycles. The van der Waals surface area contributed by atoms with E-state index in [1.54, 1.807) is 18.9 Å². The number of carbonyl (C=O) groups excluding carboxylic acids is 1. The van der Waals surface area contributed by atoms with Gasteiger partial charge in [-0.1, -0.05) is 11.8 Å². The molecule has 0 unspecified atom stereocenters. The molecule has 0 saturated heterocycles. The highest BCUT2D eigenvalue weighted by Gasteiger charge is 2.09. The van der Waals surface area contributed by atoms with Crippen LogP contribution >= 0.6 is 11.8 Å². The van der Waals surface area contributed by atoms with Crippen molar-refractivity contribution in [2.45, 2.75) is 6.42 Å². The molecule has 0 radical (unpaired) electrons. The van der Waals surface area contributed by atoms with Crippen LogP contribution in [-0.4, -0.2) is 37.1 Å². The standard InChI is InChI=1S/C7H12N2O2S/c1-11-4-2-6(10)9-7-8-3-5-12-7/h2-5H2,1H3,(H,8,9,10). The number of nitrogens with one attached hydrogen (secondary N) is 1. The second-order valence-corrected chi connectivity index (χ2v) is 3.41. The van der Waals surface area contributed by atoms with Gasteiger partial charge in [-0.2, -0.15) is 0 Å². The molecule has 0 aliphatic carbocycles. The van der Waals surface area contributed by atoms with E-state index in [0.717, 1.165) is 17.5 Å². The third-order valence-corrected chi connectivity index (χ3v) is 2.26. The van der Waals surface area contributed by atoms with Gasteiger partial charge in [0.1, 0.15) is 0 Å². The molecule has 0 aromatic rings. The molecule has 5 heteroatoms. The molecular weight excluding hydrogens is 176 g/mol. The Morgan fingerprint density at radius 3 is 3.25 bits per heavy atom. The number of hydrogen-bond donors (Lipinski definition) is 1. The number of thioether (sulfide) groups is 1. The van der Waals surface area contributed by atoms with Crippen LogP contribution in [-0.2, 0) is 9.53 Å². The summed E-state index contributed by atoms with van der Waals surface area (Å²) in [5.74, 6) is 0.949. The molecule has 1 heterocycles. The monoisotopic (exact) mass is 188 g/mol. The van der Waals surface area contributed by atoms with Crippen molar-refractivity contribution >= 4 is 22.8 Å². The molecule has 1 aliphatic heterocycles. The number of ether oxygens (including phenoxy) is 1. The molecular formula is C7H12N2O2S. The van der Waals surface area contributed by atoms with Gasteiger partial charge in [-0.15, -0.1) is 0 Å². The molecule has 0 atom stereocenters. The zero-order chi connectivity index (χ0) is 8.81. The molecule has 12 heavy (non-hydrogen) atoms. The van der Waals surface area contributed by atoms with Gasteiger partial charge in [-0.25, -0.2) is 0 Å². The van der Waals surface area contributed by atoms with Crippen LogP contribution in [0.25, 0.3) is 0 Å². The molecule has 0 spiro atoms. The lowest BCUT2D eigenvalue weighted by molar-refractivity contribution is -0.120. The van der Waals surface area contributed by atoms with Crippen LogP contribution in [0.5, 0.6) is 0 Å². The lowest BCUT2D eigenvalue weighted by Crippen LogP contribution is -2.27. The summed E-state index contributed by atoms with van der Waals surface area (Å²) in [7, 11) is 1.58. The largest absolute Gasteiger partial charge is 0.384 e. The predicted octanol–water partition coefficient (Wildman–Crippen LogP) is 0.242. The Hall–Kier alpha value is -0.550. The Kier molecular flexibility index (Phi) is 4.10. The summed E-state index contributed by atoms with van der Waals surface area (Å²) in [5, 5.41) is 3.45. The van der Waals surface area contributed by atoms with E-state index in [9.17, 15) is 4.79 Å².